The Hall–Kier alpha value is -1.10. The van der Waals surface area contributed by atoms with Crippen LogP contribution in [0.15, 0.2) is 24.3 Å². The Morgan fingerprint density at radius 3 is 2.58 bits per heavy atom. The number of ether oxygens (including phenoxy) is 1. The van der Waals surface area contributed by atoms with Crippen LogP contribution < -0.4 is 5.32 Å². The monoisotopic (exact) mass is 282 g/mol. The number of hydrogen-bond donors (Lipinski definition) is 1. The highest BCUT2D eigenvalue weighted by atomic mass is 35.5. The number of anilines is 1. The van der Waals surface area contributed by atoms with Crippen molar-refractivity contribution in [3.8, 4) is 0 Å². The first-order valence-corrected chi connectivity index (χ1v) is 6.93. The molecule has 104 valence electrons. The van der Waals surface area contributed by atoms with E-state index in [9.17, 15) is 4.79 Å². The van der Waals surface area contributed by atoms with E-state index in [1.165, 1.54) is 5.56 Å². The van der Waals surface area contributed by atoms with E-state index in [1.807, 2.05) is 24.3 Å². The fourth-order valence-electron chi connectivity index (χ4n) is 1.95. The second-order valence-electron chi connectivity index (χ2n) is 4.69. The lowest BCUT2D eigenvalue weighted by Gasteiger charge is -2.26. The molecule has 1 aliphatic heterocycles. The molecule has 0 bridgehead atoms. The number of nitrogens with zero attached hydrogens (tertiary/aromatic N) is 1. The van der Waals surface area contributed by atoms with Gasteiger partial charge >= 0.3 is 0 Å². The zero-order valence-corrected chi connectivity index (χ0v) is 11.8. The van der Waals surface area contributed by atoms with Gasteiger partial charge in [0.1, 0.15) is 5.38 Å². The Morgan fingerprint density at radius 1 is 1.37 bits per heavy atom. The quantitative estimate of drug-likeness (QED) is 0.860. The van der Waals surface area contributed by atoms with Crippen LogP contribution in [0.3, 0.4) is 0 Å². The van der Waals surface area contributed by atoms with E-state index in [2.05, 4.69) is 10.2 Å². The minimum absolute atomic E-state index is 0.178. The summed E-state index contributed by atoms with van der Waals surface area (Å²) in [6.45, 7) is 6.14. The van der Waals surface area contributed by atoms with Gasteiger partial charge in [-0.1, -0.05) is 12.1 Å². The lowest BCUT2D eigenvalue weighted by Crippen LogP contribution is -2.35. The molecule has 0 radical (unpaired) electrons. The number of amides is 1. The van der Waals surface area contributed by atoms with Crippen molar-refractivity contribution in [1.29, 1.82) is 0 Å². The van der Waals surface area contributed by atoms with E-state index in [1.54, 1.807) is 6.92 Å². The smallest absolute Gasteiger partial charge is 0.242 e. The van der Waals surface area contributed by atoms with Crippen LogP contribution in [0.5, 0.6) is 0 Å². The summed E-state index contributed by atoms with van der Waals surface area (Å²) in [4.78, 5) is 13.8. The summed E-state index contributed by atoms with van der Waals surface area (Å²) in [6.07, 6.45) is 0. The Labute approximate surface area is 118 Å². The van der Waals surface area contributed by atoms with Gasteiger partial charge in [0.25, 0.3) is 0 Å². The molecule has 1 N–H and O–H groups in total. The molecule has 4 nitrogen and oxygen atoms in total. The summed E-state index contributed by atoms with van der Waals surface area (Å²) < 4.78 is 5.32. The van der Waals surface area contributed by atoms with Crippen LogP contribution in [0.2, 0.25) is 0 Å². The molecule has 2 rings (SSSR count). The third-order valence-electron chi connectivity index (χ3n) is 3.09. The van der Waals surface area contributed by atoms with Gasteiger partial charge < -0.3 is 10.1 Å². The Kier molecular flexibility index (Phi) is 5.19. The summed E-state index contributed by atoms with van der Waals surface area (Å²) in [7, 11) is 0. The van der Waals surface area contributed by atoms with Gasteiger partial charge in [0.15, 0.2) is 0 Å². The second kappa shape index (κ2) is 6.89. The number of morpholine rings is 1. The van der Waals surface area contributed by atoms with Gasteiger partial charge in [0.2, 0.25) is 5.91 Å². The third-order valence-corrected chi connectivity index (χ3v) is 3.29. The first kappa shape index (κ1) is 14.3. The third kappa shape index (κ3) is 4.49. The largest absolute Gasteiger partial charge is 0.379 e. The van der Waals surface area contributed by atoms with Crippen molar-refractivity contribution in [2.75, 3.05) is 31.6 Å². The molecule has 5 heteroatoms. The van der Waals surface area contributed by atoms with E-state index >= 15 is 0 Å². The minimum atomic E-state index is -0.520. The molecule has 1 aromatic rings. The number of carbonyl (C=O) groups is 1. The summed E-state index contributed by atoms with van der Waals surface area (Å²) in [5, 5.41) is 2.25. The maximum Gasteiger partial charge on any atom is 0.242 e. The molecular weight excluding hydrogens is 264 g/mol. The van der Waals surface area contributed by atoms with Gasteiger partial charge in [-0.05, 0) is 24.6 Å². The Balaban J connectivity index is 1.88. The van der Waals surface area contributed by atoms with Gasteiger partial charge in [0, 0.05) is 25.3 Å². The molecule has 1 amide bonds. The van der Waals surface area contributed by atoms with Crippen molar-refractivity contribution in [2.45, 2.75) is 18.8 Å². The number of nitrogens with one attached hydrogen (secondary N) is 1. The van der Waals surface area contributed by atoms with Crippen molar-refractivity contribution < 1.29 is 9.53 Å². The number of rotatable bonds is 4. The molecule has 0 spiro atoms. The first-order valence-electron chi connectivity index (χ1n) is 6.49. The molecule has 19 heavy (non-hydrogen) atoms. The molecule has 1 saturated heterocycles. The van der Waals surface area contributed by atoms with E-state index < -0.39 is 5.38 Å². The van der Waals surface area contributed by atoms with Crippen LogP contribution in [-0.4, -0.2) is 42.5 Å². The number of halogens is 1. The average Bonchev–Trinajstić information content (AvgIpc) is 2.42. The van der Waals surface area contributed by atoms with E-state index in [0.717, 1.165) is 38.5 Å². The highest BCUT2D eigenvalue weighted by Crippen LogP contribution is 2.13. The predicted molar refractivity (Wildman–Crippen MR) is 76.5 cm³/mol. The normalized spacial score (nSPS) is 18.0. The number of hydrogen-bond acceptors (Lipinski definition) is 3. The maximum absolute atomic E-state index is 11.4. The Bertz CT molecular complexity index is 414. The predicted octanol–water partition coefficient (Wildman–Crippen LogP) is 2.08. The molecule has 1 atom stereocenters. The zero-order chi connectivity index (χ0) is 13.7. The first-order chi connectivity index (χ1) is 9.15. The number of benzene rings is 1. The Morgan fingerprint density at radius 2 is 2.00 bits per heavy atom. The fourth-order valence-corrected chi connectivity index (χ4v) is 2.01. The van der Waals surface area contributed by atoms with Gasteiger partial charge in [0.05, 0.1) is 13.2 Å². The van der Waals surface area contributed by atoms with Gasteiger partial charge in [-0.3, -0.25) is 9.69 Å². The van der Waals surface area contributed by atoms with Gasteiger partial charge in [-0.15, -0.1) is 11.6 Å². The highest BCUT2D eigenvalue weighted by Gasteiger charge is 2.11. The van der Waals surface area contributed by atoms with E-state index in [0.29, 0.717) is 0 Å². The molecule has 0 saturated carbocycles. The molecule has 1 aromatic carbocycles. The summed E-state index contributed by atoms with van der Waals surface area (Å²) in [5.41, 5.74) is 2.02. The standard InChI is InChI=1S/C14H19ClN2O2/c1-11(15)14(18)16-13-4-2-12(3-5-13)10-17-6-8-19-9-7-17/h2-5,11H,6-10H2,1H3,(H,16,18)/t11-/m1/s1. The van der Waals surface area contributed by atoms with Crippen molar-refractivity contribution in [3.05, 3.63) is 29.8 Å². The van der Waals surface area contributed by atoms with Gasteiger partial charge in [-0.25, -0.2) is 0 Å². The second-order valence-corrected chi connectivity index (χ2v) is 5.35. The summed E-state index contributed by atoms with van der Waals surface area (Å²) in [5.74, 6) is -0.178. The van der Waals surface area contributed by atoms with Crippen LogP contribution in [0.1, 0.15) is 12.5 Å². The minimum Gasteiger partial charge on any atom is -0.379 e. The average molecular weight is 283 g/mol. The molecule has 0 unspecified atom stereocenters. The van der Waals surface area contributed by atoms with Crippen molar-refractivity contribution in [3.63, 3.8) is 0 Å². The van der Waals surface area contributed by atoms with Crippen molar-refractivity contribution in [2.24, 2.45) is 0 Å². The molecule has 0 aliphatic carbocycles. The van der Waals surface area contributed by atoms with Crippen LogP contribution in [0.25, 0.3) is 0 Å². The van der Waals surface area contributed by atoms with Crippen LogP contribution in [-0.2, 0) is 16.1 Å². The van der Waals surface area contributed by atoms with Crippen LogP contribution in [0.4, 0.5) is 5.69 Å². The lowest BCUT2D eigenvalue weighted by atomic mass is 10.2. The molecule has 1 fully saturated rings. The molecular formula is C14H19ClN2O2. The van der Waals surface area contributed by atoms with Crippen LogP contribution in [0, 0.1) is 0 Å². The lowest BCUT2D eigenvalue weighted by molar-refractivity contribution is -0.115. The number of alkyl halides is 1. The number of carbonyl (C=O) groups excluding carboxylic acids is 1. The van der Waals surface area contributed by atoms with Crippen molar-refractivity contribution in [1.82, 2.24) is 4.90 Å². The molecule has 1 heterocycles. The molecule has 0 aromatic heterocycles. The van der Waals surface area contributed by atoms with Gasteiger partial charge in [-0.2, -0.15) is 0 Å². The SMILES string of the molecule is C[C@@H](Cl)C(=O)Nc1ccc(CN2CCOCC2)cc1. The zero-order valence-electron chi connectivity index (χ0n) is 11.1. The highest BCUT2D eigenvalue weighted by molar-refractivity contribution is 6.32. The molecule has 1 aliphatic rings. The summed E-state index contributed by atoms with van der Waals surface area (Å²) in [6, 6.07) is 7.88. The topological polar surface area (TPSA) is 41.6 Å². The van der Waals surface area contributed by atoms with Crippen molar-refractivity contribution >= 4 is 23.2 Å². The summed E-state index contributed by atoms with van der Waals surface area (Å²) >= 11 is 5.71. The fraction of sp³-hybridized carbons (Fsp3) is 0.500. The maximum atomic E-state index is 11.4. The van der Waals surface area contributed by atoms with Crippen LogP contribution >= 0.6 is 11.6 Å². The van der Waals surface area contributed by atoms with E-state index in [4.69, 9.17) is 16.3 Å². The van der Waals surface area contributed by atoms with E-state index in [-0.39, 0.29) is 5.91 Å².